The summed E-state index contributed by atoms with van der Waals surface area (Å²) in [6.07, 6.45) is 4.41. The number of hydrogen-bond donors (Lipinski definition) is 0. The van der Waals surface area contributed by atoms with Gasteiger partial charge in [-0.25, -0.2) is 13.5 Å². The van der Waals surface area contributed by atoms with Crippen molar-refractivity contribution in [2.24, 2.45) is 0 Å². The highest BCUT2D eigenvalue weighted by atomic mass is 35.5. The molecule has 170 valence electrons. The quantitative estimate of drug-likeness (QED) is 0.565. The zero-order valence-corrected chi connectivity index (χ0v) is 18.6. The van der Waals surface area contributed by atoms with E-state index in [1.165, 1.54) is 12.1 Å². The van der Waals surface area contributed by atoms with Gasteiger partial charge in [-0.15, -0.1) is 17.5 Å². The van der Waals surface area contributed by atoms with E-state index in [2.05, 4.69) is 20.4 Å². The van der Waals surface area contributed by atoms with Crippen LogP contribution < -0.4 is 4.90 Å². The van der Waals surface area contributed by atoms with Gasteiger partial charge in [0, 0.05) is 31.7 Å². The first-order chi connectivity index (χ1) is 15.2. The van der Waals surface area contributed by atoms with E-state index in [1.807, 2.05) is 27.8 Å². The van der Waals surface area contributed by atoms with Gasteiger partial charge in [0.05, 0.1) is 11.7 Å². The summed E-state index contributed by atoms with van der Waals surface area (Å²) in [6.45, 7) is 2.61. The molecule has 1 atom stereocenters. The molecule has 1 saturated carbocycles. The molecule has 32 heavy (non-hydrogen) atoms. The van der Waals surface area contributed by atoms with Crippen LogP contribution in [0.25, 0.3) is 0 Å². The number of hydrogen-bond acceptors (Lipinski definition) is 5. The molecule has 3 aromatic rings. The number of tetrazole rings is 1. The smallest absolute Gasteiger partial charge is 0.173 e. The predicted octanol–water partition coefficient (Wildman–Crippen LogP) is 4.40. The van der Waals surface area contributed by atoms with Crippen LogP contribution in [0.15, 0.2) is 48.5 Å². The second-order valence-corrected chi connectivity index (χ2v) is 8.32. The van der Waals surface area contributed by atoms with Gasteiger partial charge in [0.15, 0.2) is 5.82 Å². The van der Waals surface area contributed by atoms with E-state index in [0.717, 1.165) is 25.7 Å². The Morgan fingerprint density at radius 1 is 0.844 bits per heavy atom. The zero-order chi connectivity index (χ0) is 21.2. The van der Waals surface area contributed by atoms with Gasteiger partial charge in [-0.05, 0) is 41.5 Å². The van der Waals surface area contributed by atoms with Crippen LogP contribution in [0.2, 0.25) is 0 Å². The van der Waals surface area contributed by atoms with Gasteiger partial charge in [0.1, 0.15) is 17.7 Å². The van der Waals surface area contributed by atoms with Crippen LogP contribution in [-0.2, 0) is 0 Å². The van der Waals surface area contributed by atoms with Crippen molar-refractivity contribution >= 4 is 18.1 Å². The first-order valence-corrected chi connectivity index (χ1v) is 11.0. The Kier molecular flexibility index (Phi) is 7.01. The number of anilines is 1. The van der Waals surface area contributed by atoms with Crippen molar-refractivity contribution in [3.63, 3.8) is 0 Å². The third-order valence-corrected chi connectivity index (χ3v) is 6.51. The average molecular weight is 461 g/mol. The Hall–Kier alpha value is -2.58. The molecule has 5 rings (SSSR count). The Morgan fingerprint density at radius 2 is 1.50 bits per heavy atom. The maximum Gasteiger partial charge on any atom is 0.173 e. The standard InChI is InChI=1S/C23H26F2N6.ClH/c24-19-10-4-3-9-18(19)22(23-26-27-28-31(23)17-7-1-2-8-17)30-15-13-29(14-16-30)21-12-6-5-11-20(21)25;/h3-6,9-12,17,22H,1-2,7-8,13-16H2;1H. The van der Waals surface area contributed by atoms with Crippen molar-refractivity contribution in [2.75, 3.05) is 31.1 Å². The lowest BCUT2D eigenvalue weighted by Gasteiger charge is -2.40. The molecule has 6 nitrogen and oxygen atoms in total. The molecule has 2 aromatic carbocycles. The monoisotopic (exact) mass is 460 g/mol. The molecule has 1 aliphatic heterocycles. The largest absolute Gasteiger partial charge is 0.367 e. The summed E-state index contributed by atoms with van der Waals surface area (Å²) >= 11 is 0. The summed E-state index contributed by atoms with van der Waals surface area (Å²) < 4.78 is 31.1. The fraction of sp³-hybridized carbons (Fsp3) is 0.435. The van der Waals surface area contributed by atoms with Crippen LogP contribution in [0.5, 0.6) is 0 Å². The number of benzene rings is 2. The van der Waals surface area contributed by atoms with E-state index in [1.54, 1.807) is 18.2 Å². The van der Waals surface area contributed by atoms with Crippen LogP contribution >= 0.6 is 12.4 Å². The normalized spacial score (nSPS) is 18.5. The summed E-state index contributed by atoms with van der Waals surface area (Å²) in [5.41, 5.74) is 1.19. The van der Waals surface area contributed by atoms with E-state index < -0.39 is 0 Å². The summed E-state index contributed by atoms with van der Waals surface area (Å²) in [5.74, 6) is 0.216. The molecule has 1 aromatic heterocycles. The Bertz CT molecular complexity index is 1030. The lowest BCUT2D eigenvalue weighted by molar-refractivity contribution is 0.194. The van der Waals surface area contributed by atoms with Crippen molar-refractivity contribution in [2.45, 2.75) is 37.8 Å². The van der Waals surface area contributed by atoms with Crippen LogP contribution in [0.1, 0.15) is 49.2 Å². The number of nitrogens with zero attached hydrogens (tertiary/aromatic N) is 6. The van der Waals surface area contributed by atoms with Crippen molar-refractivity contribution in [1.82, 2.24) is 25.1 Å². The van der Waals surface area contributed by atoms with Crippen LogP contribution in [0, 0.1) is 11.6 Å². The van der Waals surface area contributed by atoms with Gasteiger partial charge in [0.25, 0.3) is 0 Å². The molecule has 2 aliphatic rings. The number of piperazine rings is 1. The fourth-order valence-corrected chi connectivity index (χ4v) is 4.91. The highest BCUT2D eigenvalue weighted by molar-refractivity contribution is 5.85. The maximum atomic E-state index is 14.9. The maximum absolute atomic E-state index is 14.9. The second kappa shape index (κ2) is 9.92. The second-order valence-electron chi connectivity index (χ2n) is 8.32. The molecule has 2 fully saturated rings. The van der Waals surface area contributed by atoms with Gasteiger partial charge >= 0.3 is 0 Å². The van der Waals surface area contributed by atoms with Crippen LogP contribution in [0.4, 0.5) is 14.5 Å². The first-order valence-electron chi connectivity index (χ1n) is 11.0. The molecule has 0 amide bonds. The summed E-state index contributed by atoms with van der Waals surface area (Å²) in [5, 5.41) is 12.6. The van der Waals surface area contributed by atoms with Gasteiger partial charge in [0.2, 0.25) is 0 Å². The molecular formula is C23H27ClF2N6. The van der Waals surface area contributed by atoms with Crippen molar-refractivity contribution < 1.29 is 8.78 Å². The van der Waals surface area contributed by atoms with E-state index in [4.69, 9.17) is 0 Å². The van der Waals surface area contributed by atoms with Gasteiger partial charge < -0.3 is 4.90 Å². The third-order valence-electron chi connectivity index (χ3n) is 6.51. The summed E-state index contributed by atoms with van der Waals surface area (Å²) in [4.78, 5) is 4.26. The Morgan fingerprint density at radius 3 is 2.19 bits per heavy atom. The molecule has 0 spiro atoms. The van der Waals surface area contributed by atoms with E-state index in [9.17, 15) is 8.78 Å². The molecule has 9 heteroatoms. The van der Waals surface area contributed by atoms with Crippen LogP contribution in [-0.4, -0.2) is 51.3 Å². The Balaban J connectivity index is 0.00000245. The summed E-state index contributed by atoms with van der Waals surface area (Å²) in [6, 6.07) is 13.6. The molecule has 2 heterocycles. The number of halogens is 3. The predicted molar refractivity (Wildman–Crippen MR) is 121 cm³/mol. The van der Waals surface area contributed by atoms with E-state index in [-0.39, 0.29) is 36.1 Å². The lowest BCUT2D eigenvalue weighted by Crippen LogP contribution is -2.48. The van der Waals surface area contributed by atoms with Crippen LogP contribution in [0.3, 0.4) is 0 Å². The lowest BCUT2D eigenvalue weighted by atomic mass is 10.0. The SMILES string of the molecule is Cl.Fc1ccccc1C(c1nnnn1C1CCCC1)N1CCN(c2ccccc2F)CC1. The number of para-hydroxylation sites is 1. The minimum Gasteiger partial charge on any atom is -0.367 e. The summed E-state index contributed by atoms with van der Waals surface area (Å²) in [7, 11) is 0. The van der Waals surface area contributed by atoms with E-state index >= 15 is 0 Å². The van der Waals surface area contributed by atoms with Crippen molar-refractivity contribution in [3.8, 4) is 0 Å². The third kappa shape index (κ3) is 4.34. The number of rotatable bonds is 5. The minimum atomic E-state index is -0.375. The molecular weight excluding hydrogens is 434 g/mol. The minimum absolute atomic E-state index is 0. The fourth-order valence-electron chi connectivity index (χ4n) is 4.91. The first kappa shape index (κ1) is 22.6. The van der Waals surface area contributed by atoms with Gasteiger partial charge in [-0.3, -0.25) is 4.90 Å². The zero-order valence-electron chi connectivity index (χ0n) is 17.8. The molecule has 1 saturated heterocycles. The number of aromatic nitrogens is 4. The highest BCUT2D eigenvalue weighted by Gasteiger charge is 2.34. The van der Waals surface area contributed by atoms with Crippen molar-refractivity contribution in [1.29, 1.82) is 0 Å². The topological polar surface area (TPSA) is 50.1 Å². The van der Waals surface area contributed by atoms with Gasteiger partial charge in [-0.2, -0.15) is 0 Å². The molecule has 0 radical (unpaired) electrons. The molecule has 1 aliphatic carbocycles. The molecule has 0 bridgehead atoms. The molecule has 0 N–H and O–H groups in total. The van der Waals surface area contributed by atoms with E-state index in [0.29, 0.717) is 43.3 Å². The Labute approximate surface area is 192 Å². The van der Waals surface area contributed by atoms with Gasteiger partial charge in [-0.1, -0.05) is 43.2 Å². The van der Waals surface area contributed by atoms with Crippen molar-refractivity contribution in [3.05, 3.63) is 71.6 Å². The molecule has 1 unspecified atom stereocenters. The highest BCUT2D eigenvalue weighted by Crippen LogP contribution is 2.35. The average Bonchev–Trinajstić information content (AvgIpc) is 3.48.